The van der Waals surface area contributed by atoms with Gasteiger partial charge in [-0.15, -0.1) is 0 Å². The Kier molecular flexibility index (Phi) is 3.74. The Morgan fingerprint density at radius 1 is 1.16 bits per heavy atom. The number of phenolic OH excluding ortho intramolecular Hbond substituents is 1. The van der Waals surface area contributed by atoms with Crippen LogP contribution in [0.2, 0.25) is 5.02 Å². The van der Waals surface area contributed by atoms with E-state index in [1.54, 1.807) is 12.1 Å². The van der Waals surface area contributed by atoms with Crippen molar-refractivity contribution in [2.45, 2.75) is 6.42 Å². The van der Waals surface area contributed by atoms with Gasteiger partial charge in [0, 0.05) is 11.3 Å². The minimum Gasteiger partial charge on any atom is -0.506 e. The molecule has 25 heavy (non-hydrogen) atoms. The van der Waals surface area contributed by atoms with Crippen molar-refractivity contribution < 1.29 is 9.90 Å². The minimum absolute atomic E-state index is 0.0491. The van der Waals surface area contributed by atoms with Crippen LogP contribution in [0.25, 0.3) is 22.6 Å². The molecule has 0 radical (unpaired) electrons. The number of nitrogens with zero attached hydrogens (tertiary/aromatic N) is 2. The molecule has 2 heterocycles. The minimum atomic E-state index is -0.123. The molecule has 7 heteroatoms. The molecular weight excluding hydrogens is 340 g/mol. The van der Waals surface area contributed by atoms with E-state index in [1.165, 1.54) is 12.1 Å². The first kappa shape index (κ1) is 15.4. The van der Waals surface area contributed by atoms with E-state index in [-0.39, 0.29) is 23.0 Å². The van der Waals surface area contributed by atoms with Crippen LogP contribution in [0.5, 0.6) is 5.75 Å². The molecule has 3 N–H and O–H groups in total. The number of aromatic nitrogens is 4. The van der Waals surface area contributed by atoms with E-state index in [0.29, 0.717) is 22.8 Å². The largest absolute Gasteiger partial charge is 0.506 e. The molecule has 2 aromatic carbocycles. The van der Waals surface area contributed by atoms with Crippen molar-refractivity contribution in [2.24, 2.45) is 0 Å². The number of Topliss-reactive ketones (excluding diaryl/α,β-unsaturated/α-hetero) is 1. The van der Waals surface area contributed by atoms with Crippen LogP contribution in [-0.4, -0.2) is 31.1 Å². The molecule has 2 aromatic heterocycles. The number of imidazole rings is 1. The maximum Gasteiger partial charge on any atom is 0.168 e. The zero-order valence-corrected chi connectivity index (χ0v) is 13.7. The van der Waals surface area contributed by atoms with Gasteiger partial charge in [-0.3, -0.25) is 9.89 Å². The monoisotopic (exact) mass is 352 g/mol. The van der Waals surface area contributed by atoms with Gasteiger partial charge in [0.15, 0.2) is 11.6 Å². The number of aromatic hydroxyl groups is 1. The van der Waals surface area contributed by atoms with Crippen LogP contribution in [-0.2, 0) is 6.42 Å². The first-order chi connectivity index (χ1) is 12.1. The molecule has 124 valence electrons. The summed E-state index contributed by atoms with van der Waals surface area (Å²) in [6, 6.07) is 13.9. The fraction of sp³-hybridized carbons (Fsp3) is 0.0556. The highest BCUT2D eigenvalue weighted by Crippen LogP contribution is 2.24. The Morgan fingerprint density at radius 2 is 2.00 bits per heavy atom. The van der Waals surface area contributed by atoms with E-state index in [4.69, 9.17) is 11.6 Å². The van der Waals surface area contributed by atoms with Gasteiger partial charge in [0.1, 0.15) is 11.4 Å². The predicted molar refractivity (Wildman–Crippen MR) is 94.8 cm³/mol. The van der Waals surface area contributed by atoms with Crippen molar-refractivity contribution >= 4 is 28.4 Å². The van der Waals surface area contributed by atoms with Crippen LogP contribution in [0, 0.1) is 0 Å². The number of halogens is 1. The van der Waals surface area contributed by atoms with E-state index in [2.05, 4.69) is 20.2 Å². The number of rotatable bonds is 4. The first-order valence-electron chi connectivity index (χ1n) is 7.61. The maximum absolute atomic E-state index is 12.4. The molecule has 0 spiro atoms. The zero-order chi connectivity index (χ0) is 17.4. The van der Waals surface area contributed by atoms with Crippen LogP contribution in [0.1, 0.15) is 16.1 Å². The molecule has 0 aliphatic heterocycles. The summed E-state index contributed by atoms with van der Waals surface area (Å²) in [5, 5.41) is 16.7. The quantitative estimate of drug-likeness (QED) is 0.488. The molecule has 6 nitrogen and oxygen atoms in total. The average molecular weight is 353 g/mol. The summed E-state index contributed by atoms with van der Waals surface area (Å²) in [5.74, 6) is 0.470. The molecule has 0 aliphatic rings. The number of H-pyrrole nitrogens is 2. The number of ketones is 1. The number of carbonyl (C=O) groups excluding carboxylic acids is 1. The smallest absolute Gasteiger partial charge is 0.168 e. The summed E-state index contributed by atoms with van der Waals surface area (Å²) >= 11 is 5.85. The van der Waals surface area contributed by atoms with Crippen molar-refractivity contribution in [3.8, 4) is 17.3 Å². The maximum atomic E-state index is 12.4. The van der Waals surface area contributed by atoms with E-state index in [9.17, 15) is 9.90 Å². The van der Waals surface area contributed by atoms with E-state index in [0.717, 1.165) is 11.0 Å². The van der Waals surface area contributed by atoms with Gasteiger partial charge >= 0.3 is 0 Å². The summed E-state index contributed by atoms with van der Waals surface area (Å²) in [6.07, 6.45) is 0.147. The topological polar surface area (TPSA) is 94.7 Å². The number of phenols is 1. The van der Waals surface area contributed by atoms with Crippen LogP contribution >= 0.6 is 11.6 Å². The molecule has 0 bridgehead atoms. The molecule has 0 aliphatic carbocycles. The number of para-hydroxylation sites is 2. The summed E-state index contributed by atoms with van der Waals surface area (Å²) in [5.41, 5.74) is 3.53. The SMILES string of the molecule is O=C(Cc1cc(-c2nc3ccccc3[nH]2)n[nH]1)c1ccc(O)c(Cl)c1. The summed E-state index contributed by atoms with van der Waals surface area (Å²) in [7, 11) is 0. The van der Waals surface area contributed by atoms with Crippen molar-refractivity contribution in [1.82, 2.24) is 20.2 Å². The number of carbonyl (C=O) groups is 1. The molecular formula is C18H13ClN4O2. The lowest BCUT2D eigenvalue weighted by molar-refractivity contribution is 0.0992. The fourth-order valence-corrected chi connectivity index (χ4v) is 2.78. The first-order valence-corrected chi connectivity index (χ1v) is 7.99. The van der Waals surface area contributed by atoms with Gasteiger partial charge in [0.25, 0.3) is 0 Å². The van der Waals surface area contributed by atoms with Gasteiger partial charge in [-0.2, -0.15) is 5.10 Å². The predicted octanol–water partition coefficient (Wildman–Crippen LogP) is 3.74. The summed E-state index contributed by atoms with van der Waals surface area (Å²) in [4.78, 5) is 20.0. The highest BCUT2D eigenvalue weighted by atomic mass is 35.5. The second kappa shape index (κ2) is 6.07. The normalized spacial score (nSPS) is 11.1. The third-order valence-corrected chi connectivity index (χ3v) is 4.19. The van der Waals surface area contributed by atoms with Gasteiger partial charge in [-0.25, -0.2) is 4.98 Å². The number of benzene rings is 2. The highest BCUT2D eigenvalue weighted by Gasteiger charge is 2.13. The van der Waals surface area contributed by atoms with Crippen molar-refractivity contribution in [1.29, 1.82) is 0 Å². The summed E-state index contributed by atoms with van der Waals surface area (Å²) < 4.78 is 0. The van der Waals surface area contributed by atoms with Crippen LogP contribution in [0.3, 0.4) is 0 Å². The number of aromatic amines is 2. The summed E-state index contributed by atoms with van der Waals surface area (Å²) in [6.45, 7) is 0. The van der Waals surface area contributed by atoms with Crippen LogP contribution < -0.4 is 0 Å². The van der Waals surface area contributed by atoms with E-state index >= 15 is 0 Å². The van der Waals surface area contributed by atoms with Crippen LogP contribution in [0.15, 0.2) is 48.5 Å². The Labute approximate surface area is 147 Å². The Bertz CT molecular complexity index is 1050. The van der Waals surface area contributed by atoms with E-state index in [1.807, 2.05) is 24.3 Å². The Hall–Kier alpha value is -3.12. The lowest BCUT2D eigenvalue weighted by Crippen LogP contribution is -2.03. The second-order valence-corrected chi connectivity index (χ2v) is 6.05. The molecule has 0 unspecified atom stereocenters. The Balaban J connectivity index is 1.56. The van der Waals surface area contributed by atoms with Crippen molar-refractivity contribution in [3.63, 3.8) is 0 Å². The lowest BCUT2D eigenvalue weighted by atomic mass is 10.1. The number of hydrogen-bond acceptors (Lipinski definition) is 4. The van der Waals surface area contributed by atoms with Crippen molar-refractivity contribution in [3.05, 3.63) is 64.8 Å². The van der Waals surface area contributed by atoms with Gasteiger partial charge < -0.3 is 10.1 Å². The molecule has 0 atom stereocenters. The zero-order valence-electron chi connectivity index (χ0n) is 13.0. The molecule has 0 saturated heterocycles. The number of hydrogen-bond donors (Lipinski definition) is 3. The number of nitrogens with one attached hydrogen (secondary N) is 2. The molecule has 0 saturated carbocycles. The highest BCUT2D eigenvalue weighted by molar-refractivity contribution is 6.32. The Morgan fingerprint density at radius 3 is 2.80 bits per heavy atom. The van der Waals surface area contributed by atoms with Gasteiger partial charge in [0.2, 0.25) is 0 Å². The molecule has 4 rings (SSSR count). The number of fused-ring (bicyclic) bond motifs is 1. The average Bonchev–Trinajstić information content (AvgIpc) is 3.23. The van der Waals surface area contributed by atoms with Crippen molar-refractivity contribution in [2.75, 3.05) is 0 Å². The third-order valence-electron chi connectivity index (χ3n) is 3.88. The lowest BCUT2D eigenvalue weighted by Gasteiger charge is -2.01. The van der Waals surface area contributed by atoms with E-state index < -0.39 is 0 Å². The fourth-order valence-electron chi connectivity index (χ4n) is 2.60. The molecule has 0 amide bonds. The van der Waals surface area contributed by atoms with Gasteiger partial charge in [0.05, 0.1) is 22.5 Å². The molecule has 4 aromatic rings. The van der Waals surface area contributed by atoms with Gasteiger partial charge in [-0.05, 0) is 36.4 Å². The standard InChI is InChI=1S/C18H13ClN4O2/c19-12-7-10(5-6-16(12)24)17(25)9-11-8-15(23-22-11)18-20-13-3-1-2-4-14(13)21-18/h1-8,24H,9H2,(H,20,21)(H,22,23). The second-order valence-electron chi connectivity index (χ2n) is 5.65. The van der Waals surface area contributed by atoms with Crippen LogP contribution in [0.4, 0.5) is 0 Å². The third kappa shape index (κ3) is 2.99. The molecule has 0 fully saturated rings. The van der Waals surface area contributed by atoms with Gasteiger partial charge in [-0.1, -0.05) is 23.7 Å².